The molecule has 1 aromatic carbocycles. The average Bonchev–Trinajstić information content (AvgIpc) is 3.40. The zero-order valence-corrected chi connectivity index (χ0v) is 16.6. The van der Waals surface area contributed by atoms with Crippen molar-refractivity contribution in [1.82, 2.24) is 9.80 Å². The Morgan fingerprint density at radius 1 is 1.19 bits per heavy atom. The molecule has 0 unspecified atom stereocenters. The molecule has 1 saturated heterocycles. The minimum absolute atomic E-state index is 0.0280. The molecule has 2 aliphatic heterocycles. The zero-order chi connectivity index (χ0) is 22.0. The van der Waals surface area contributed by atoms with Crippen molar-refractivity contribution < 1.29 is 28.8 Å². The summed E-state index contributed by atoms with van der Waals surface area (Å²) in [6.07, 6.45) is 1.32. The standard InChI is InChI=1S/C21H21N3O7/c25-19(16-5-2-10-31-16)17-18(14-3-1-4-15(13-14)24(28)29)23(21(27)20(17)26)7-6-22-8-11-30-12-9-22/h1-5,10,13,18,26H,6-9,11-12H2/t18-/m0/s1. The minimum atomic E-state index is -0.967. The van der Waals surface area contributed by atoms with Crippen molar-refractivity contribution in [3.63, 3.8) is 0 Å². The van der Waals surface area contributed by atoms with Gasteiger partial charge in [0.15, 0.2) is 11.5 Å². The summed E-state index contributed by atoms with van der Waals surface area (Å²) in [6, 6.07) is 7.73. The Morgan fingerprint density at radius 2 is 1.97 bits per heavy atom. The lowest BCUT2D eigenvalue weighted by molar-refractivity contribution is -0.384. The first-order chi connectivity index (χ1) is 15.0. The van der Waals surface area contributed by atoms with E-state index in [2.05, 4.69) is 4.90 Å². The fourth-order valence-corrected chi connectivity index (χ4v) is 3.89. The molecule has 162 valence electrons. The van der Waals surface area contributed by atoms with Gasteiger partial charge in [-0.3, -0.25) is 24.6 Å². The molecule has 2 aliphatic rings. The van der Waals surface area contributed by atoms with Gasteiger partial charge in [0, 0.05) is 38.3 Å². The number of ketones is 1. The number of nitrogens with zero attached hydrogens (tertiary/aromatic N) is 3. The molecule has 1 fully saturated rings. The van der Waals surface area contributed by atoms with Crippen molar-refractivity contribution in [3.05, 3.63) is 75.4 Å². The van der Waals surface area contributed by atoms with Crippen LogP contribution in [0.5, 0.6) is 0 Å². The summed E-state index contributed by atoms with van der Waals surface area (Å²) in [5.74, 6) is -2.03. The lowest BCUT2D eigenvalue weighted by Crippen LogP contribution is -2.43. The van der Waals surface area contributed by atoms with E-state index in [1.165, 1.54) is 41.5 Å². The Balaban J connectivity index is 1.70. The normalized spacial score (nSPS) is 19.8. The predicted octanol–water partition coefficient (Wildman–Crippen LogP) is 2.10. The third-order valence-electron chi connectivity index (χ3n) is 5.45. The van der Waals surface area contributed by atoms with E-state index in [9.17, 15) is 24.8 Å². The number of non-ortho nitro benzene ring substituents is 1. The van der Waals surface area contributed by atoms with Crippen LogP contribution in [0.15, 0.2) is 58.4 Å². The number of nitro benzene ring substituents is 1. The molecule has 4 rings (SSSR count). The van der Waals surface area contributed by atoms with Crippen LogP contribution in [0.25, 0.3) is 0 Å². The molecule has 0 saturated carbocycles. The molecule has 31 heavy (non-hydrogen) atoms. The number of rotatable bonds is 7. The molecule has 2 aromatic rings. The second-order valence-corrected chi connectivity index (χ2v) is 7.28. The second kappa shape index (κ2) is 8.70. The Kier molecular flexibility index (Phi) is 5.83. The maximum absolute atomic E-state index is 13.1. The van der Waals surface area contributed by atoms with Crippen molar-refractivity contribution in [2.45, 2.75) is 6.04 Å². The van der Waals surface area contributed by atoms with Gasteiger partial charge in [0.05, 0.1) is 36.0 Å². The van der Waals surface area contributed by atoms with Crippen molar-refractivity contribution in [2.24, 2.45) is 0 Å². The van der Waals surface area contributed by atoms with Gasteiger partial charge in [-0.05, 0) is 17.7 Å². The van der Waals surface area contributed by atoms with E-state index < -0.39 is 28.4 Å². The molecule has 0 spiro atoms. The van der Waals surface area contributed by atoms with Gasteiger partial charge in [0.1, 0.15) is 0 Å². The van der Waals surface area contributed by atoms with Crippen LogP contribution in [-0.4, -0.2) is 70.9 Å². The van der Waals surface area contributed by atoms with Gasteiger partial charge in [-0.2, -0.15) is 0 Å². The molecule has 0 radical (unpaired) electrons. The number of ether oxygens (including phenoxy) is 1. The Morgan fingerprint density at radius 3 is 2.65 bits per heavy atom. The summed E-state index contributed by atoms with van der Waals surface area (Å²) in [5, 5.41) is 21.9. The van der Waals surface area contributed by atoms with Crippen LogP contribution in [-0.2, 0) is 9.53 Å². The van der Waals surface area contributed by atoms with Crippen LogP contribution < -0.4 is 0 Å². The monoisotopic (exact) mass is 427 g/mol. The van der Waals surface area contributed by atoms with Gasteiger partial charge in [-0.25, -0.2) is 0 Å². The first kappa shape index (κ1) is 20.8. The Hall–Kier alpha value is -3.50. The Labute approximate surface area is 177 Å². The first-order valence-corrected chi connectivity index (χ1v) is 9.84. The molecule has 10 heteroatoms. The average molecular weight is 427 g/mol. The molecule has 10 nitrogen and oxygen atoms in total. The highest BCUT2D eigenvalue weighted by molar-refractivity contribution is 6.15. The molecule has 3 heterocycles. The van der Waals surface area contributed by atoms with Crippen LogP contribution in [0, 0.1) is 10.1 Å². The first-order valence-electron chi connectivity index (χ1n) is 9.84. The molecule has 0 aliphatic carbocycles. The number of furan rings is 1. The van der Waals surface area contributed by atoms with Crippen molar-refractivity contribution in [3.8, 4) is 0 Å². The number of carbonyl (C=O) groups excluding carboxylic acids is 2. The summed E-state index contributed by atoms with van der Waals surface area (Å²) in [7, 11) is 0. The number of nitro groups is 1. The molecule has 1 aromatic heterocycles. The summed E-state index contributed by atoms with van der Waals surface area (Å²) in [4.78, 5) is 40.2. The van der Waals surface area contributed by atoms with E-state index in [4.69, 9.17) is 9.15 Å². The van der Waals surface area contributed by atoms with Gasteiger partial charge in [0.25, 0.3) is 11.6 Å². The number of hydrogen-bond donors (Lipinski definition) is 1. The topological polar surface area (TPSA) is 126 Å². The van der Waals surface area contributed by atoms with E-state index >= 15 is 0 Å². The highest BCUT2D eigenvalue weighted by Crippen LogP contribution is 2.39. The summed E-state index contributed by atoms with van der Waals surface area (Å²) >= 11 is 0. The van der Waals surface area contributed by atoms with E-state index in [1.54, 1.807) is 6.07 Å². The summed E-state index contributed by atoms with van der Waals surface area (Å²) in [5.41, 5.74) is 0.0418. The number of amides is 1. The maximum atomic E-state index is 13.1. The van der Waals surface area contributed by atoms with E-state index in [0.717, 1.165) is 0 Å². The molecular weight excluding hydrogens is 406 g/mol. The van der Waals surface area contributed by atoms with Gasteiger partial charge >= 0.3 is 0 Å². The van der Waals surface area contributed by atoms with E-state index in [-0.39, 0.29) is 23.6 Å². The third kappa shape index (κ3) is 4.07. The molecular formula is C21H21N3O7. The molecule has 1 amide bonds. The number of benzene rings is 1. The van der Waals surface area contributed by atoms with E-state index in [0.29, 0.717) is 38.4 Å². The molecule has 0 bridgehead atoms. The Bertz CT molecular complexity index is 1030. The van der Waals surface area contributed by atoms with Crippen LogP contribution in [0.2, 0.25) is 0 Å². The van der Waals surface area contributed by atoms with E-state index in [1.807, 2.05) is 0 Å². The fraction of sp³-hybridized carbons (Fsp3) is 0.333. The smallest absolute Gasteiger partial charge is 0.290 e. The van der Waals surface area contributed by atoms with Crippen molar-refractivity contribution in [1.29, 1.82) is 0 Å². The molecule has 1 atom stereocenters. The summed E-state index contributed by atoms with van der Waals surface area (Å²) < 4.78 is 10.5. The second-order valence-electron chi connectivity index (χ2n) is 7.28. The predicted molar refractivity (Wildman–Crippen MR) is 108 cm³/mol. The number of carbonyl (C=O) groups is 2. The number of Topliss-reactive ketones (excluding diaryl/α,β-unsaturated/α-hetero) is 1. The quantitative estimate of drug-likeness (QED) is 0.404. The van der Waals surface area contributed by atoms with Crippen LogP contribution in [0.3, 0.4) is 0 Å². The third-order valence-corrected chi connectivity index (χ3v) is 5.45. The number of aliphatic hydroxyl groups excluding tert-OH is 1. The molecule has 1 N–H and O–H groups in total. The lowest BCUT2D eigenvalue weighted by atomic mass is 9.94. The number of hydrogen-bond acceptors (Lipinski definition) is 8. The van der Waals surface area contributed by atoms with Gasteiger partial charge in [-0.15, -0.1) is 0 Å². The van der Waals surface area contributed by atoms with Gasteiger partial charge < -0.3 is 19.2 Å². The number of aliphatic hydroxyl groups is 1. The lowest BCUT2D eigenvalue weighted by Gasteiger charge is -2.31. The maximum Gasteiger partial charge on any atom is 0.290 e. The largest absolute Gasteiger partial charge is 0.503 e. The fourth-order valence-electron chi connectivity index (χ4n) is 3.89. The van der Waals surface area contributed by atoms with Crippen LogP contribution in [0.4, 0.5) is 5.69 Å². The van der Waals surface area contributed by atoms with Gasteiger partial charge in [-0.1, -0.05) is 12.1 Å². The number of morpholine rings is 1. The van der Waals surface area contributed by atoms with Crippen molar-refractivity contribution >= 4 is 17.4 Å². The van der Waals surface area contributed by atoms with Gasteiger partial charge in [0.2, 0.25) is 5.78 Å². The minimum Gasteiger partial charge on any atom is -0.503 e. The zero-order valence-electron chi connectivity index (χ0n) is 16.6. The highest BCUT2D eigenvalue weighted by Gasteiger charge is 2.44. The summed E-state index contributed by atoms with van der Waals surface area (Å²) in [6.45, 7) is 3.34. The van der Waals surface area contributed by atoms with Crippen LogP contribution in [0.1, 0.15) is 22.2 Å². The van der Waals surface area contributed by atoms with Crippen molar-refractivity contribution in [2.75, 3.05) is 39.4 Å². The van der Waals surface area contributed by atoms with Crippen LogP contribution >= 0.6 is 0 Å². The SMILES string of the molecule is O=C(C1=C(O)C(=O)N(CCN2CCOCC2)[C@H]1c1cccc([N+](=O)[O-])c1)c1ccco1. The highest BCUT2D eigenvalue weighted by atomic mass is 16.6.